The van der Waals surface area contributed by atoms with E-state index < -0.39 is 11.9 Å². The van der Waals surface area contributed by atoms with Crippen LogP contribution < -0.4 is 9.47 Å². The van der Waals surface area contributed by atoms with Crippen molar-refractivity contribution >= 4 is 65.6 Å². The van der Waals surface area contributed by atoms with Crippen LogP contribution in [0.1, 0.15) is 20.7 Å². The Hall–Kier alpha value is -5.96. The van der Waals surface area contributed by atoms with Gasteiger partial charge in [0, 0.05) is 21.9 Å². The highest BCUT2D eigenvalue weighted by Gasteiger charge is 2.20. The number of para-hydroxylation sites is 2. The third kappa shape index (κ3) is 6.74. The summed E-state index contributed by atoms with van der Waals surface area (Å²) in [7, 11) is 0. The van der Waals surface area contributed by atoms with Crippen LogP contribution in [0.3, 0.4) is 0 Å². The maximum Gasteiger partial charge on any atom is 0.344 e. The highest BCUT2D eigenvalue weighted by atomic mass is 79.9. The highest BCUT2D eigenvalue weighted by molar-refractivity contribution is 9.10. The second-order valence-electron chi connectivity index (χ2n) is 11.9. The van der Waals surface area contributed by atoms with Gasteiger partial charge in [0.05, 0.1) is 42.5 Å². The van der Waals surface area contributed by atoms with E-state index in [1.54, 1.807) is 24.3 Å². The van der Waals surface area contributed by atoms with Crippen molar-refractivity contribution in [2.75, 3.05) is 0 Å². The number of aromatic nitrogens is 2. The largest absolute Gasteiger partial charge is 0.422 e. The topological polar surface area (TPSA) is 78.4 Å². The van der Waals surface area contributed by atoms with Crippen LogP contribution in [0.5, 0.6) is 11.5 Å². The molecule has 8 heteroatoms. The van der Waals surface area contributed by atoms with Crippen LogP contribution in [0.25, 0.3) is 55.4 Å². The minimum Gasteiger partial charge on any atom is -0.422 e. The maximum atomic E-state index is 13.9. The summed E-state index contributed by atoms with van der Waals surface area (Å²) in [6.45, 7) is 0. The number of carbonyl (C=O) groups excluding carboxylic acids is 2. The van der Waals surface area contributed by atoms with Gasteiger partial charge in [-0.1, -0.05) is 97.1 Å². The van der Waals surface area contributed by atoms with E-state index in [1.807, 2.05) is 133 Å². The molecule has 52 heavy (non-hydrogen) atoms. The Morgan fingerprint density at radius 2 is 0.808 bits per heavy atom. The molecule has 0 amide bonds. The van der Waals surface area contributed by atoms with Crippen LogP contribution in [0.2, 0.25) is 0 Å². The number of nitrogens with zero attached hydrogens (tertiary/aromatic N) is 2. The Morgan fingerprint density at radius 1 is 0.423 bits per heavy atom. The number of fused-ring (bicyclic) bond motifs is 2. The summed E-state index contributed by atoms with van der Waals surface area (Å²) in [5.74, 6) is -0.203. The smallest absolute Gasteiger partial charge is 0.344 e. The highest BCUT2D eigenvalue weighted by Crippen LogP contribution is 2.35. The van der Waals surface area contributed by atoms with Gasteiger partial charge in [-0.25, -0.2) is 19.6 Å². The lowest BCUT2D eigenvalue weighted by Crippen LogP contribution is -2.11. The lowest BCUT2D eigenvalue weighted by Gasteiger charge is -2.14. The first-order valence-corrected chi connectivity index (χ1v) is 17.9. The molecule has 2 heterocycles. The molecule has 0 bridgehead atoms. The van der Waals surface area contributed by atoms with Crippen molar-refractivity contribution in [1.82, 2.24) is 9.97 Å². The van der Waals surface area contributed by atoms with Gasteiger partial charge in [-0.2, -0.15) is 0 Å². The van der Waals surface area contributed by atoms with E-state index in [4.69, 9.17) is 19.4 Å². The zero-order valence-electron chi connectivity index (χ0n) is 27.3. The summed E-state index contributed by atoms with van der Waals surface area (Å²) in [6, 6.07) is 49.0. The van der Waals surface area contributed by atoms with Gasteiger partial charge < -0.3 is 9.47 Å². The molecule has 2 aromatic heterocycles. The van der Waals surface area contributed by atoms with Gasteiger partial charge in [-0.3, -0.25) is 0 Å². The molecule has 6 nitrogen and oxygen atoms in total. The molecule has 8 aromatic rings. The van der Waals surface area contributed by atoms with E-state index in [-0.39, 0.29) is 0 Å². The summed E-state index contributed by atoms with van der Waals surface area (Å²) >= 11 is 6.97. The van der Waals surface area contributed by atoms with Gasteiger partial charge in [-0.05, 0) is 104 Å². The van der Waals surface area contributed by atoms with Gasteiger partial charge in [-0.15, -0.1) is 0 Å². The average molecular weight is 807 g/mol. The molecular weight excluding hydrogens is 780 g/mol. The number of ether oxygens (including phenoxy) is 2. The lowest BCUT2D eigenvalue weighted by molar-refractivity contribution is 0.0726. The Balaban J connectivity index is 1.26. The quantitative estimate of drug-likeness (QED) is 0.118. The van der Waals surface area contributed by atoms with Gasteiger partial charge in [0.15, 0.2) is 0 Å². The molecule has 0 spiro atoms. The van der Waals surface area contributed by atoms with Crippen molar-refractivity contribution < 1.29 is 19.1 Å². The number of hydrogen-bond acceptors (Lipinski definition) is 6. The summed E-state index contributed by atoms with van der Waals surface area (Å²) in [5, 5.41) is 1.25. The van der Waals surface area contributed by atoms with Crippen molar-refractivity contribution in [1.29, 1.82) is 0 Å². The molecule has 250 valence electrons. The predicted molar refractivity (Wildman–Crippen MR) is 212 cm³/mol. The van der Waals surface area contributed by atoms with E-state index in [1.165, 1.54) is 0 Å². The van der Waals surface area contributed by atoms with Crippen LogP contribution in [0.15, 0.2) is 167 Å². The van der Waals surface area contributed by atoms with E-state index in [9.17, 15) is 9.59 Å². The predicted octanol–water partition coefficient (Wildman–Crippen LogP) is 11.7. The molecule has 0 saturated carbocycles. The molecule has 0 aliphatic carbocycles. The molecule has 0 radical (unpaired) electrons. The molecule has 0 N–H and O–H groups in total. The standard InChI is InChI=1S/C44H26Br2N2O4/c45-35-15-7-9-17-41(35)51-43(49)33-25-39(27-11-3-1-4-12-27)47-37-21-19-29(23-31(33)37)30-20-22-38-32(24-30)34(26-40(48-38)28-13-5-2-6-14-28)44(50)52-42-18-10-8-16-36(42)46/h1-26H. The Labute approximate surface area is 316 Å². The zero-order valence-corrected chi connectivity index (χ0v) is 30.5. The normalized spacial score (nSPS) is 11.0. The molecule has 0 aliphatic heterocycles. The van der Waals surface area contributed by atoms with Crippen molar-refractivity contribution in [2.24, 2.45) is 0 Å². The second-order valence-corrected chi connectivity index (χ2v) is 13.7. The Kier molecular flexibility index (Phi) is 9.16. The van der Waals surface area contributed by atoms with Crippen LogP contribution in [-0.2, 0) is 0 Å². The monoisotopic (exact) mass is 804 g/mol. The Morgan fingerprint density at radius 3 is 1.21 bits per heavy atom. The minimum absolute atomic E-state index is 0.370. The number of hydrogen-bond donors (Lipinski definition) is 0. The SMILES string of the molecule is O=C(Oc1ccccc1Br)c1cc(-c2ccccc2)nc2ccc(-c3ccc4nc(-c5ccccc5)cc(C(=O)Oc5ccccc5Br)c4c3)cc12. The maximum absolute atomic E-state index is 13.9. The molecule has 0 fully saturated rings. The summed E-state index contributed by atoms with van der Waals surface area (Å²) in [6.07, 6.45) is 0. The summed E-state index contributed by atoms with van der Waals surface area (Å²) in [4.78, 5) is 37.6. The molecule has 0 aliphatic rings. The molecule has 0 saturated heterocycles. The molecular formula is C44H26Br2N2O4. The molecule has 6 aromatic carbocycles. The zero-order chi connectivity index (χ0) is 35.6. The van der Waals surface area contributed by atoms with Crippen molar-refractivity contribution in [3.05, 3.63) is 178 Å². The van der Waals surface area contributed by atoms with Crippen molar-refractivity contribution in [3.8, 4) is 45.1 Å². The number of rotatable bonds is 7. The number of benzene rings is 6. The van der Waals surface area contributed by atoms with E-state index in [0.29, 0.717) is 64.8 Å². The van der Waals surface area contributed by atoms with Crippen molar-refractivity contribution in [3.63, 3.8) is 0 Å². The summed E-state index contributed by atoms with van der Waals surface area (Å²) < 4.78 is 13.1. The van der Waals surface area contributed by atoms with Crippen LogP contribution in [0, 0.1) is 0 Å². The lowest BCUT2D eigenvalue weighted by atomic mass is 9.96. The number of pyridine rings is 2. The van der Waals surface area contributed by atoms with Gasteiger partial charge >= 0.3 is 11.9 Å². The van der Waals surface area contributed by atoms with E-state index >= 15 is 0 Å². The summed E-state index contributed by atoms with van der Waals surface area (Å²) in [5.41, 5.74) is 6.70. The van der Waals surface area contributed by atoms with E-state index in [2.05, 4.69) is 31.9 Å². The van der Waals surface area contributed by atoms with Crippen LogP contribution in [0.4, 0.5) is 0 Å². The fourth-order valence-corrected chi connectivity index (χ4v) is 6.76. The first-order chi connectivity index (χ1) is 25.4. The number of esters is 2. The third-order valence-electron chi connectivity index (χ3n) is 8.61. The molecule has 0 unspecified atom stereocenters. The van der Waals surface area contributed by atoms with Gasteiger partial charge in [0.25, 0.3) is 0 Å². The fourth-order valence-electron chi connectivity index (χ4n) is 6.03. The number of halogens is 2. The second kappa shape index (κ2) is 14.3. The van der Waals surface area contributed by atoms with Crippen LogP contribution >= 0.6 is 31.9 Å². The minimum atomic E-state index is -0.512. The van der Waals surface area contributed by atoms with Crippen molar-refractivity contribution in [2.45, 2.75) is 0 Å². The van der Waals surface area contributed by atoms with Gasteiger partial charge in [0.2, 0.25) is 0 Å². The van der Waals surface area contributed by atoms with Crippen LogP contribution in [-0.4, -0.2) is 21.9 Å². The molecule has 0 atom stereocenters. The first kappa shape index (κ1) is 33.2. The first-order valence-electron chi connectivity index (χ1n) is 16.4. The fraction of sp³-hybridized carbons (Fsp3) is 0. The van der Waals surface area contributed by atoms with E-state index in [0.717, 1.165) is 22.3 Å². The number of carbonyl (C=O) groups is 2. The third-order valence-corrected chi connectivity index (χ3v) is 9.92. The molecule has 8 rings (SSSR count). The Bertz CT molecular complexity index is 2460. The average Bonchev–Trinajstić information content (AvgIpc) is 3.19. The van der Waals surface area contributed by atoms with Gasteiger partial charge in [0.1, 0.15) is 11.5 Å².